The standard InChI is InChI=1S/C15H25ClN2/c1-12(2)17-9-8-13(3)18(4)11-14-6-5-7-15(16)10-14/h5-7,10,12-13,17H,8-9,11H2,1-4H3. The van der Waals surface area contributed by atoms with Crippen LogP contribution in [0.4, 0.5) is 0 Å². The summed E-state index contributed by atoms with van der Waals surface area (Å²) in [6.45, 7) is 8.65. The van der Waals surface area contributed by atoms with Crippen molar-refractivity contribution < 1.29 is 0 Å². The van der Waals surface area contributed by atoms with Gasteiger partial charge in [0.05, 0.1) is 0 Å². The highest BCUT2D eigenvalue weighted by Gasteiger charge is 2.09. The Morgan fingerprint density at radius 2 is 2.00 bits per heavy atom. The molecule has 1 atom stereocenters. The molecule has 1 N–H and O–H groups in total. The number of nitrogens with zero attached hydrogens (tertiary/aromatic N) is 1. The van der Waals surface area contributed by atoms with Gasteiger partial charge in [0.1, 0.15) is 0 Å². The molecule has 0 saturated heterocycles. The van der Waals surface area contributed by atoms with E-state index in [-0.39, 0.29) is 0 Å². The first-order valence-electron chi connectivity index (χ1n) is 6.67. The largest absolute Gasteiger partial charge is 0.314 e. The van der Waals surface area contributed by atoms with E-state index in [0.717, 1.165) is 24.5 Å². The van der Waals surface area contributed by atoms with Crippen molar-refractivity contribution in [3.8, 4) is 0 Å². The molecule has 0 aliphatic heterocycles. The Hall–Kier alpha value is -0.570. The van der Waals surface area contributed by atoms with E-state index in [2.05, 4.69) is 44.1 Å². The molecule has 1 aromatic rings. The van der Waals surface area contributed by atoms with Gasteiger partial charge in [0, 0.05) is 23.7 Å². The van der Waals surface area contributed by atoms with E-state index in [1.807, 2.05) is 18.2 Å². The normalized spacial score (nSPS) is 13.3. The first-order chi connectivity index (χ1) is 8.49. The van der Waals surface area contributed by atoms with Gasteiger partial charge in [0.25, 0.3) is 0 Å². The fourth-order valence-corrected chi connectivity index (χ4v) is 2.09. The molecule has 0 fully saturated rings. The molecule has 18 heavy (non-hydrogen) atoms. The van der Waals surface area contributed by atoms with Crippen LogP contribution in [0.15, 0.2) is 24.3 Å². The quantitative estimate of drug-likeness (QED) is 0.814. The zero-order valence-electron chi connectivity index (χ0n) is 11.9. The lowest BCUT2D eigenvalue weighted by molar-refractivity contribution is 0.235. The molecule has 0 radical (unpaired) electrons. The van der Waals surface area contributed by atoms with Crippen molar-refractivity contribution in [2.75, 3.05) is 13.6 Å². The maximum absolute atomic E-state index is 6.00. The van der Waals surface area contributed by atoms with Crippen molar-refractivity contribution in [1.29, 1.82) is 0 Å². The predicted octanol–water partition coefficient (Wildman–Crippen LogP) is 3.55. The van der Waals surface area contributed by atoms with Crippen LogP contribution in [0.5, 0.6) is 0 Å². The Labute approximate surface area is 116 Å². The molecule has 1 rings (SSSR count). The van der Waals surface area contributed by atoms with E-state index in [1.165, 1.54) is 5.56 Å². The number of benzene rings is 1. The SMILES string of the molecule is CC(C)NCCC(C)N(C)Cc1cccc(Cl)c1. The lowest BCUT2D eigenvalue weighted by atomic mass is 10.1. The fraction of sp³-hybridized carbons (Fsp3) is 0.600. The molecule has 0 saturated carbocycles. The topological polar surface area (TPSA) is 15.3 Å². The third kappa shape index (κ3) is 5.85. The Balaban J connectivity index is 2.37. The lowest BCUT2D eigenvalue weighted by Gasteiger charge is -2.25. The second-order valence-corrected chi connectivity index (χ2v) is 5.73. The van der Waals surface area contributed by atoms with Crippen LogP contribution in [0.25, 0.3) is 0 Å². The number of halogens is 1. The zero-order valence-corrected chi connectivity index (χ0v) is 12.7. The fourth-order valence-electron chi connectivity index (χ4n) is 1.88. The van der Waals surface area contributed by atoms with E-state index < -0.39 is 0 Å². The smallest absolute Gasteiger partial charge is 0.0409 e. The van der Waals surface area contributed by atoms with Gasteiger partial charge in [-0.25, -0.2) is 0 Å². The summed E-state index contributed by atoms with van der Waals surface area (Å²) in [6, 6.07) is 9.22. The summed E-state index contributed by atoms with van der Waals surface area (Å²) < 4.78 is 0. The van der Waals surface area contributed by atoms with Gasteiger partial charge < -0.3 is 5.32 Å². The molecule has 0 amide bonds. The lowest BCUT2D eigenvalue weighted by Crippen LogP contribution is -2.33. The minimum Gasteiger partial charge on any atom is -0.314 e. The highest BCUT2D eigenvalue weighted by atomic mass is 35.5. The molecule has 0 aliphatic carbocycles. The molecule has 2 nitrogen and oxygen atoms in total. The molecule has 1 unspecified atom stereocenters. The maximum Gasteiger partial charge on any atom is 0.0409 e. The van der Waals surface area contributed by atoms with Crippen LogP contribution < -0.4 is 5.32 Å². The molecule has 102 valence electrons. The number of hydrogen-bond acceptors (Lipinski definition) is 2. The summed E-state index contributed by atoms with van der Waals surface area (Å²) in [5, 5.41) is 4.27. The maximum atomic E-state index is 6.00. The van der Waals surface area contributed by atoms with E-state index >= 15 is 0 Å². The highest BCUT2D eigenvalue weighted by molar-refractivity contribution is 6.30. The molecule has 0 bridgehead atoms. The van der Waals surface area contributed by atoms with Gasteiger partial charge in [-0.05, 0) is 44.6 Å². The van der Waals surface area contributed by atoms with E-state index in [1.54, 1.807) is 0 Å². The molecule has 0 heterocycles. The monoisotopic (exact) mass is 268 g/mol. The van der Waals surface area contributed by atoms with Crippen molar-refractivity contribution >= 4 is 11.6 Å². The molecular weight excluding hydrogens is 244 g/mol. The van der Waals surface area contributed by atoms with Crippen LogP contribution in [0.1, 0.15) is 32.8 Å². The van der Waals surface area contributed by atoms with Crippen LogP contribution in [0.2, 0.25) is 5.02 Å². The second-order valence-electron chi connectivity index (χ2n) is 5.29. The first kappa shape index (κ1) is 15.5. The van der Waals surface area contributed by atoms with Gasteiger partial charge in [-0.3, -0.25) is 4.90 Å². The third-order valence-electron chi connectivity index (χ3n) is 3.19. The molecule has 1 aromatic carbocycles. The zero-order chi connectivity index (χ0) is 13.5. The minimum absolute atomic E-state index is 0.565. The first-order valence-corrected chi connectivity index (χ1v) is 7.05. The van der Waals surface area contributed by atoms with Crippen LogP contribution in [-0.4, -0.2) is 30.6 Å². The molecule has 0 aromatic heterocycles. The third-order valence-corrected chi connectivity index (χ3v) is 3.42. The molecule has 0 aliphatic rings. The van der Waals surface area contributed by atoms with Gasteiger partial charge in [-0.15, -0.1) is 0 Å². The Kier molecular flexibility index (Phi) is 6.69. The summed E-state index contributed by atoms with van der Waals surface area (Å²) in [5.74, 6) is 0. The predicted molar refractivity (Wildman–Crippen MR) is 80.1 cm³/mol. The average molecular weight is 269 g/mol. The summed E-state index contributed by atoms with van der Waals surface area (Å²) in [6.07, 6.45) is 1.16. The van der Waals surface area contributed by atoms with Gasteiger partial charge in [-0.1, -0.05) is 37.6 Å². The van der Waals surface area contributed by atoms with E-state index in [4.69, 9.17) is 11.6 Å². The molecule has 3 heteroatoms. The highest BCUT2D eigenvalue weighted by Crippen LogP contribution is 2.13. The number of rotatable bonds is 7. The van der Waals surface area contributed by atoms with Crippen LogP contribution in [0.3, 0.4) is 0 Å². The number of nitrogens with one attached hydrogen (secondary N) is 1. The number of hydrogen-bond donors (Lipinski definition) is 1. The second kappa shape index (κ2) is 7.78. The summed E-state index contributed by atoms with van der Waals surface area (Å²) in [5.41, 5.74) is 1.27. The van der Waals surface area contributed by atoms with Gasteiger partial charge in [0.2, 0.25) is 0 Å². The Morgan fingerprint density at radius 3 is 2.61 bits per heavy atom. The van der Waals surface area contributed by atoms with Gasteiger partial charge in [-0.2, -0.15) is 0 Å². The average Bonchev–Trinajstić information content (AvgIpc) is 2.28. The Morgan fingerprint density at radius 1 is 1.28 bits per heavy atom. The van der Waals surface area contributed by atoms with Crippen LogP contribution >= 0.6 is 11.6 Å². The van der Waals surface area contributed by atoms with Crippen molar-refractivity contribution in [2.24, 2.45) is 0 Å². The summed E-state index contributed by atoms with van der Waals surface area (Å²) in [4.78, 5) is 2.37. The Bertz CT molecular complexity index is 352. The summed E-state index contributed by atoms with van der Waals surface area (Å²) in [7, 11) is 2.17. The van der Waals surface area contributed by atoms with Crippen molar-refractivity contribution in [2.45, 2.75) is 45.8 Å². The van der Waals surface area contributed by atoms with Crippen molar-refractivity contribution in [3.05, 3.63) is 34.9 Å². The molecular formula is C15H25ClN2. The van der Waals surface area contributed by atoms with E-state index in [9.17, 15) is 0 Å². The minimum atomic E-state index is 0.565. The van der Waals surface area contributed by atoms with Crippen molar-refractivity contribution in [3.63, 3.8) is 0 Å². The summed E-state index contributed by atoms with van der Waals surface area (Å²) >= 11 is 6.00. The van der Waals surface area contributed by atoms with Crippen LogP contribution in [-0.2, 0) is 6.54 Å². The molecule has 0 spiro atoms. The van der Waals surface area contributed by atoms with E-state index in [0.29, 0.717) is 12.1 Å². The van der Waals surface area contributed by atoms with Crippen LogP contribution in [0, 0.1) is 0 Å². The van der Waals surface area contributed by atoms with Gasteiger partial charge in [0.15, 0.2) is 0 Å². The van der Waals surface area contributed by atoms with Gasteiger partial charge >= 0.3 is 0 Å². The van der Waals surface area contributed by atoms with Crippen molar-refractivity contribution in [1.82, 2.24) is 10.2 Å².